The number of rotatable bonds is 4. The highest BCUT2D eigenvalue weighted by molar-refractivity contribution is 5.71. The highest BCUT2D eigenvalue weighted by Gasteiger charge is 2.19. The maximum Gasteiger partial charge on any atom is 0.160 e. The van der Waals surface area contributed by atoms with E-state index in [1.54, 1.807) is 6.07 Å². The number of benzene rings is 2. The lowest BCUT2D eigenvalue weighted by Crippen LogP contribution is -2.03. The highest BCUT2D eigenvalue weighted by Crippen LogP contribution is 2.35. The number of methoxy groups -OCH3 is 1. The second-order valence-corrected chi connectivity index (χ2v) is 4.29. The van der Waals surface area contributed by atoms with Gasteiger partial charge in [0.15, 0.2) is 11.5 Å². The largest absolute Gasteiger partial charge is 0.508 e. The van der Waals surface area contributed by atoms with Crippen molar-refractivity contribution >= 4 is 6.29 Å². The monoisotopic (exact) mass is 274 g/mol. The van der Waals surface area contributed by atoms with E-state index in [0.29, 0.717) is 17.4 Å². The van der Waals surface area contributed by atoms with Crippen LogP contribution >= 0.6 is 0 Å². The van der Waals surface area contributed by atoms with Crippen LogP contribution in [0.25, 0.3) is 0 Å². The summed E-state index contributed by atoms with van der Waals surface area (Å²) in [6.07, 6.45) is 0.678. The van der Waals surface area contributed by atoms with Crippen molar-refractivity contribution in [3.05, 3.63) is 47.5 Å². The van der Waals surface area contributed by atoms with E-state index in [2.05, 4.69) is 0 Å². The number of phenols is 3. The summed E-state index contributed by atoms with van der Waals surface area (Å²) in [5.74, 6) is -0.762. The maximum absolute atomic E-state index is 11.4. The van der Waals surface area contributed by atoms with Gasteiger partial charge in [-0.15, -0.1) is 0 Å². The van der Waals surface area contributed by atoms with Gasteiger partial charge in [-0.05, 0) is 23.8 Å². The Hall–Kier alpha value is -2.69. The van der Waals surface area contributed by atoms with Crippen LogP contribution in [0.15, 0.2) is 36.4 Å². The topological polar surface area (TPSA) is 87.0 Å². The summed E-state index contributed by atoms with van der Waals surface area (Å²) in [4.78, 5) is 11.4. The third kappa shape index (κ3) is 2.51. The Morgan fingerprint density at radius 3 is 2.40 bits per heavy atom. The molecule has 20 heavy (non-hydrogen) atoms. The number of ether oxygens (including phenoxy) is 1. The van der Waals surface area contributed by atoms with Crippen LogP contribution in [-0.4, -0.2) is 28.7 Å². The van der Waals surface area contributed by atoms with Gasteiger partial charge >= 0.3 is 0 Å². The van der Waals surface area contributed by atoms with E-state index >= 15 is 0 Å². The van der Waals surface area contributed by atoms with Crippen LogP contribution in [0.2, 0.25) is 0 Å². The van der Waals surface area contributed by atoms with Crippen LogP contribution in [0.4, 0.5) is 0 Å². The van der Waals surface area contributed by atoms with Crippen LogP contribution in [0.1, 0.15) is 17.0 Å². The van der Waals surface area contributed by atoms with E-state index in [1.165, 1.54) is 37.4 Å². The minimum Gasteiger partial charge on any atom is -0.508 e. The molecule has 2 aromatic carbocycles. The predicted molar refractivity (Wildman–Crippen MR) is 72.3 cm³/mol. The zero-order valence-electron chi connectivity index (χ0n) is 10.8. The van der Waals surface area contributed by atoms with Gasteiger partial charge in [-0.1, -0.05) is 12.1 Å². The molecule has 0 amide bonds. The molecule has 1 atom stereocenters. The van der Waals surface area contributed by atoms with E-state index in [0.717, 1.165) is 0 Å². The molecule has 1 unspecified atom stereocenters. The number of phenolic OH excluding ortho intramolecular Hbond substituents is 3. The van der Waals surface area contributed by atoms with Gasteiger partial charge in [-0.3, -0.25) is 0 Å². The van der Waals surface area contributed by atoms with E-state index in [4.69, 9.17) is 4.74 Å². The first kappa shape index (κ1) is 13.7. The maximum atomic E-state index is 11.4. The summed E-state index contributed by atoms with van der Waals surface area (Å²) in [6.45, 7) is 0. The molecule has 5 nitrogen and oxygen atoms in total. The number of hydrogen-bond acceptors (Lipinski definition) is 5. The number of hydrogen-bond donors (Lipinski definition) is 3. The molecular formula is C15H14O5. The van der Waals surface area contributed by atoms with Crippen LogP contribution in [0.3, 0.4) is 0 Å². The van der Waals surface area contributed by atoms with Gasteiger partial charge in [0.25, 0.3) is 0 Å². The zero-order valence-corrected chi connectivity index (χ0v) is 10.8. The lowest BCUT2D eigenvalue weighted by Gasteiger charge is -2.14. The molecule has 0 aromatic heterocycles. The Morgan fingerprint density at radius 2 is 1.80 bits per heavy atom. The standard InChI is InChI=1S/C15H14O5/c1-20-15-6-9(2-5-13(15)18)12(8-16)11-4-3-10(17)7-14(11)19/h2-8,12,17-19H,1H3. The van der Waals surface area contributed by atoms with Crippen molar-refractivity contribution in [3.63, 3.8) is 0 Å². The summed E-state index contributed by atoms with van der Waals surface area (Å²) >= 11 is 0. The molecule has 0 saturated heterocycles. The van der Waals surface area contributed by atoms with Crippen molar-refractivity contribution in [2.45, 2.75) is 5.92 Å². The van der Waals surface area contributed by atoms with Crippen LogP contribution in [0.5, 0.6) is 23.0 Å². The van der Waals surface area contributed by atoms with Gasteiger partial charge in [-0.2, -0.15) is 0 Å². The Kier molecular flexibility index (Phi) is 3.79. The minimum atomic E-state index is -0.718. The molecular weight excluding hydrogens is 260 g/mol. The second kappa shape index (κ2) is 5.52. The van der Waals surface area contributed by atoms with E-state index in [-0.39, 0.29) is 23.0 Å². The quantitative estimate of drug-likeness (QED) is 0.743. The Bertz CT molecular complexity index is 636. The number of aromatic hydroxyl groups is 3. The molecule has 0 aliphatic rings. The van der Waals surface area contributed by atoms with Crippen molar-refractivity contribution in [2.75, 3.05) is 7.11 Å². The predicted octanol–water partition coefficient (Wildman–Crippen LogP) is 2.14. The van der Waals surface area contributed by atoms with Crippen LogP contribution < -0.4 is 4.74 Å². The molecule has 0 aliphatic carbocycles. The molecule has 0 aliphatic heterocycles. The minimum absolute atomic E-state index is 0.0316. The van der Waals surface area contributed by atoms with Gasteiger partial charge in [0.1, 0.15) is 17.8 Å². The van der Waals surface area contributed by atoms with Crippen molar-refractivity contribution in [2.24, 2.45) is 0 Å². The van der Waals surface area contributed by atoms with Crippen LogP contribution in [0, 0.1) is 0 Å². The molecule has 0 fully saturated rings. The van der Waals surface area contributed by atoms with Crippen molar-refractivity contribution < 1.29 is 24.9 Å². The van der Waals surface area contributed by atoms with Crippen molar-refractivity contribution in [1.29, 1.82) is 0 Å². The van der Waals surface area contributed by atoms with Crippen molar-refractivity contribution in [3.8, 4) is 23.0 Å². The fraction of sp³-hybridized carbons (Fsp3) is 0.133. The molecule has 5 heteroatoms. The van der Waals surface area contributed by atoms with E-state index in [9.17, 15) is 20.1 Å². The molecule has 0 heterocycles. The molecule has 2 rings (SSSR count). The van der Waals surface area contributed by atoms with E-state index < -0.39 is 5.92 Å². The van der Waals surface area contributed by atoms with Gasteiger partial charge < -0.3 is 24.9 Å². The average molecular weight is 274 g/mol. The smallest absolute Gasteiger partial charge is 0.160 e. The Labute approximate surface area is 115 Å². The summed E-state index contributed by atoms with van der Waals surface area (Å²) in [7, 11) is 1.41. The Morgan fingerprint density at radius 1 is 1.05 bits per heavy atom. The molecule has 3 N–H and O–H groups in total. The lowest BCUT2D eigenvalue weighted by molar-refractivity contribution is -0.108. The number of aldehydes is 1. The average Bonchev–Trinajstić information content (AvgIpc) is 2.43. The van der Waals surface area contributed by atoms with Gasteiger partial charge in [0.05, 0.1) is 13.0 Å². The summed E-state index contributed by atoms with van der Waals surface area (Å²) in [6, 6.07) is 8.56. The fourth-order valence-corrected chi connectivity index (χ4v) is 2.01. The van der Waals surface area contributed by atoms with Gasteiger partial charge in [0, 0.05) is 11.6 Å². The first-order valence-electron chi connectivity index (χ1n) is 5.91. The molecule has 0 bridgehead atoms. The second-order valence-electron chi connectivity index (χ2n) is 4.29. The normalized spacial score (nSPS) is 11.8. The molecule has 2 aromatic rings. The van der Waals surface area contributed by atoms with Gasteiger partial charge in [0.2, 0.25) is 0 Å². The summed E-state index contributed by atoms with van der Waals surface area (Å²) < 4.78 is 5.00. The Balaban J connectivity index is 2.49. The summed E-state index contributed by atoms with van der Waals surface area (Å²) in [5.41, 5.74) is 0.932. The zero-order chi connectivity index (χ0) is 14.7. The summed E-state index contributed by atoms with van der Waals surface area (Å²) in [5, 5.41) is 28.7. The number of carbonyl (C=O) groups is 1. The fourth-order valence-electron chi connectivity index (χ4n) is 2.01. The molecule has 0 spiro atoms. The first-order valence-corrected chi connectivity index (χ1v) is 5.91. The first-order chi connectivity index (χ1) is 9.56. The molecule has 0 saturated carbocycles. The third-order valence-electron chi connectivity index (χ3n) is 3.05. The van der Waals surface area contributed by atoms with Crippen LogP contribution in [-0.2, 0) is 4.79 Å². The van der Waals surface area contributed by atoms with E-state index in [1.807, 2.05) is 0 Å². The van der Waals surface area contributed by atoms with Gasteiger partial charge in [-0.25, -0.2) is 0 Å². The highest BCUT2D eigenvalue weighted by atomic mass is 16.5. The molecule has 104 valence electrons. The SMILES string of the molecule is COc1cc(C(C=O)c2ccc(O)cc2O)ccc1O. The molecule has 0 radical (unpaired) electrons. The lowest BCUT2D eigenvalue weighted by atomic mass is 9.91. The third-order valence-corrected chi connectivity index (χ3v) is 3.05. The number of carbonyl (C=O) groups excluding carboxylic acids is 1. The van der Waals surface area contributed by atoms with Crippen molar-refractivity contribution in [1.82, 2.24) is 0 Å².